The third kappa shape index (κ3) is 9.64. The van der Waals surface area contributed by atoms with Crippen molar-refractivity contribution in [3.05, 3.63) is 101 Å². The molecule has 2 heterocycles. The largest absolute Gasteiger partial charge is 0.512 e. The van der Waals surface area contributed by atoms with E-state index in [1.807, 2.05) is 23.6 Å². The monoisotopic (exact) mass is 1040 g/mol. The van der Waals surface area contributed by atoms with Gasteiger partial charge in [-0.1, -0.05) is 157 Å². The van der Waals surface area contributed by atoms with Crippen molar-refractivity contribution in [2.45, 2.75) is 183 Å². The van der Waals surface area contributed by atoms with E-state index >= 15 is 0 Å². The van der Waals surface area contributed by atoms with Crippen LogP contribution >= 0.6 is 11.3 Å². The zero-order chi connectivity index (χ0) is 44.8. The van der Waals surface area contributed by atoms with Gasteiger partial charge in [0.1, 0.15) is 0 Å². The number of aromatic nitrogens is 1. The molecule has 0 bridgehead atoms. The Kier molecular flexibility index (Phi) is 14.7. The predicted molar refractivity (Wildman–Crippen MR) is 273 cm³/mol. The number of benzene rings is 4. The summed E-state index contributed by atoms with van der Waals surface area (Å²) in [5, 5.41) is 18.4. The van der Waals surface area contributed by atoms with Crippen LogP contribution < -0.4 is 0 Å². The number of thiophene rings is 1. The normalized spacial score (nSPS) is 17.4. The quantitative estimate of drug-likeness (QED) is 0.0891. The predicted octanol–water partition coefficient (Wildman–Crippen LogP) is 17.7. The van der Waals surface area contributed by atoms with E-state index in [1.54, 1.807) is 5.56 Å². The minimum absolute atomic E-state index is 0. The molecular formula is C58H75IrN2OS-. The molecule has 6 aromatic rings. The second-order valence-corrected chi connectivity index (χ2v) is 22.8. The zero-order valence-electron chi connectivity index (χ0n) is 40.9. The standard InChI is InChI=1S/C37H36NS.C21H39NO.Ir/c1-35(2,3)30-19-24(18-22-10-8-9-11-25(22)30)33-27-21-28-26-12-13-29-32(37(6,7)16-15-36(29,4)5)34(26)39-31(28)20-23(27)14-17-38-33;1-7-20(5,8-2)18(22-17-14-12-11-13-15-17)16-19(23)21(6,9-3)10-4;/h8-14,17,19-21H,15-16H2,1-7H3;16-17,23H,7-15H2,1-6H3;/q-1;;/b;19-16-,22-18?;. The molecule has 1 radical (unpaired) electrons. The minimum Gasteiger partial charge on any atom is -0.512 e. The summed E-state index contributed by atoms with van der Waals surface area (Å²) in [5.41, 5.74) is 8.00. The smallest absolute Gasteiger partial charge is 0.0999 e. The van der Waals surface area contributed by atoms with Gasteiger partial charge < -0.3 is 5.11 Å². The summed E-state index contributed by atoms with van der Waals surface area (Å²) in [7, 11) is 0. The number of hydrogen-bond donors (Lipinski definition) is 1. The molecule has 0 atom stereocenters. The SMILES string of the molecule is CC(C)(C)c1cc(-c2nccc3cc4sc5c6c(ccc5c4cc23)C(C)(C)CCC6(C)C)[c-]c2ccccc12.CCC(C)(CC)C(/C=C(\O)C(C)(CC)CC)=NC1CCCCC1.[Ir]. The maximum absolute atomic E-state index is 10.8. The molecule has 2 aromatic heterocycles. The maximum Gasteiger partial charge on any atom is 0.0999 e. The molecule has 1 saturated carbocycles. The molecule has 2 aliphatic carbocycles. The van der Waals surface area contributed by atoms with Crippen molar-refractivity contribution < 1.29 is 25.2 Å². The first-order chi connectivity index (χ1) is 29.3. The molecule has 2 aliphatic rings. The summed E-state index contributed by atoms with van der Waals surface area (Å²) in [6.07, 6.45) is 16.9. The average molecular weight is 1040 g/mol. The van der Waals surface area contributed by atoms with Crippen LogP contribution in [0.5, 0.6) is 0 Å². The van der Waals surface area contributed by atoms with Crippen molar-refractivity contribution in [1.29, 1.82) is 0 Å². The maximum atomic E-state index is 10.8. The van der Waals surface area contributed by atoms with Gasteiger partial charge in [-0.3, -0.25) is 9.98 Å². The van der Waals surface area contributed by atoms with Gasteiger partial charge in [0, 0.05) is 68.7 Å². The van der Waals surface area contributed by atoms with Gasteiger partial charge in [0.25, 0.3) is 0 Å². The Labute approximate surface area is 398 Å². The molecule has 0 spiro atoms. The van der Waals surface area contributed by atoms with Crippen LogP contribution in [-0.2, 0) is 36.4 Å². The number of aliphatic hydroxyl groups excluding tert-OH is 1. The Morgan fingerprint density at radius 1 is 0.778 bits per heavy atom. The summed E-state index contributed by atoms with van der Waals surface area (Å²) in [6.45, 7) is 29.8. The molecule has 0 aliphatic heterocycles. The van der Waals surface area contributed by atoms with E-state index in [4.69, 9.17) is 9.98 Å². The van der Waals surface area contributed by atoms with Gasteiger partial charge in [0.15, 0.2) is 0 Å². The Balaban J connectivity index is 0.000000238. The first-order valence-corrected chi connectivity index (χ1v) is 24.8. The fraction of sp³-hybridized carbons (Fsp3) is 0.517. The number of rotatable bonds is 9. The van der Waals surface area contributed by atoms with Crippen LogP contribution in [0.4, 0.5) is 0 Å². The van der Waals surface area contributed by atoms with Crippen molar-refractivity contribution in [3.63, 3.8) is 0 Å². The fourth-order valence-corrected chi connectivity index (χ4v) is 11.6. The van der Waals surface area contributed by atoms with Crippen LogP contribution in [-0.4, -0.2) is 21.8 Å². The molecule has 63 heavy (non-hydrogen) atoms. The van der Waals surface area contributed by atoms with E-state index < -0.39 is 0 Å². The van der Waals surface area contributed by atoms with Gasteiger partial charge in [0.05, 0.1) is 11.8 Å². The molecule has 0 unspecified atom stereocenters. The second kappa shape index (κ2) is 18.9. The van der Waals surface area contributed by atoms with Crippen LogP contribution in [0.2, 0.25) is 0 Å². The van der Waals surface area contributed by atoms with Gasteiger partial charge >= 0.3 is 0 Å². The van der Waals surface area contributed by atoms with Gasteiger partial charge in [-0.25, -0.2) is 0 Å². The molecule has 0 amide bonds. The summed E-state index contributed by atoms with van der Waals surface area (Å²) in [6, 6.07) is 26.9. The van der Waals surface area contributed by atoms with Gasteiger partial charge in [-0.2, -0.15) is 0 Å². The van der Waals surface area contributed by atoms with Crippen LogP contribution in [0.1, 0.15) is 177 Å². The molecule has 339 valence electrons. The first kappa shape index (κ1) is 49.1. The van der Waals surface area contributed by atoms with Crippen LogP contribution in [0.15, 0.2) is 83.7 Å². The van der Waals surface area contributed by atoms with Gasteiger partial charge in [0.2, 0.25) is 0 Å². The number of fused-ring (bicyclic) bond motifs is 7. The summed E-state index contributed by atoms with van der Waals surface area (Å²) < 4.78 is 2.83. The number of nitrogens with zero attached hydrogens (tertiary/aromatic N) is 2. The summed E-state index contributed by atoms with van der Waals surface area (Å²) in [5.74, 6) is 0.519. The minimum atomic E-state index is -0.129. The number of aliphatic imine (C=N–C) groups is 1. The summed E-state index contributed by atoms with van der Waals surface area (Å²) in [4.78, 5) is 10.1. The average Bonchev–Trinajstić information content (AvgIpc) is 3.63. The molecule has 5 heteroatoms. The number of aliphatic hydroxyl groups is 1. The topological polar surface area (TPSA) is 45.5 Å². The van der Waals surface area contributed by atoms with Crippen molar-refractivity contribution in [2.24, 2.45) is 15.8 Å². The molecule has 1 N–H and O–H groups in total. The number of hydrogen-bond acceptors (Lipinski definition) is 4. The van der Waals surface area contributed by atoms with E-state index in [9.17, 15) is 5.11 Å². The molecule has 8 rings (SSSR count). The molecular weight excluding hydrogens is 965 g/mol. The van der Waals surface area contributed by atoms with Crippen molar-refractivity contribution in [2.75, 3.05) is 0 Å². The van der Waals surface area contributed by atoms with Crippen molar-refractivity contribution in [1.82, 2.24) is 4.98 Å². The third-order valence-electron chi connectivity index (χ3n) is 15.7. The number of allylic oxidation sites excluding steroid dienone is 2. The van der Waals surface area contributed by atoms with Crippen molar-refractivity contribution in [3.8, 4) is 11.3 Å². The Morgan fingerprint density at radius 3 is 2.08 bits per heavy atom. The molecule has 1 fully saturated rings. The molecule has 0 saturated heterocycles. The van der Waals surface area contributed by atoms with Crippen molar-refractivity contribution >= 4 is 58.8 Å². The second-order valence-electron chi connectivity index (χ2n) is 21.7. The van der Waals surface area contributed by atoms with E-state index in [2.05, 4.69) is 157 Å². The van der Waals surface area contributed by atoms with E-state index in [1.165, 1.54) is 92.4 Å². The molecule has 4 aromatic carbocycles. The zero-order valence-corrected chi connectivity index (χ0v) is 44.1. The Morgan fingerprint density at radius 2 is 1.43 bits per heavy atom. The Bertz CT molecular complexity index is 2640. The Hall–Kier alpha value is -3.37. The van der Waals surface area contributed by atoms with E-state index in [0.717, 1.165) is 48.0 Å². The summed E-state index contributed by atoms with van der Waals surface area (Å²) >= 11 is 1.98. The number of pyridine rings is 1. The van der Waals surface area contributed by atoms with E-state index in [-0.39, 0.29) is 47.2 Å². The van der Waals surface area contributed by atoms with Crippen LogP contribution in [0.25, 0.3) is 53.0 Å². The van der Waals surface area contributed by atoms with Crippen LogP contribution in [0, 0.1) is 16.9 Å². The molecule has 3 nitrogen and oxygen atoms in total. The van der Waals surface area contributed by atoms with Crippen LogP contribution in [0.3, 0.4) is 0 Å². The first-order valence-electron chi connectivity index (χ1n) is 24.0. The van der Waals surface area contributed by atoms with E-state index in [0.29, 0.717) is 11.8 Å². The third-order valence-corrected chi connectivity index (χ3v) is 16.9. The fourth-order valence-electron chi connectivity index (χ4n) is 10.1. The van der Waals surface area contributed by atoms with Gasteiger partial charge in [-0.15, -0.1) is 40.5 Å². The van der Waals surface area contributed by atoms with Gasteiger partial charge in [-0.05, 0) is 108 Å².